The number of carboxylic acid groups (broad SMARTS) is 1. The molecule has 9 heteroatoms. The van der Waals surface area contributed by atoms with Crippen LogP contribution < -0.4 is 10.6 Å². The minimum Gasteiger partial charge on any atom is -0.478 e. The lowest BCUT2D eigenvalue weighted by molar-refractivity contribution is 0.0697. The van der Waals surface area contributed by atoms with Crippen molar-refractivity contribution in [2.45, 2.75) is 50.4 Å². The van der Waals surface area contributed by atoms with Crippen LogP contribution in [0.2, 0.25) is 0 Å². The first kappa shape index (κ1) is 21.8. The lowest BCUT2D eigenvalue weighted by Gasteiger charge is -2.39. The Balaban J connectivity index is 1.30. The number of fused-ring (bicyclic) bond motifs is 2. The summed E-state index contributed by atoms with van der Waals surface area (Å²) >= 11 is 0. The Morgan fingerprint density at radius 3 is 2.44 bits per heavy atom. The monoisotopic (exact) mass is 455 g/mol. The van der Waals surface area contributed by atoms with Gasteiger partial charge in [-0.3, -0.25) is 4.90 Å². The zero-order chi connectivity index (χ0) is 23.5. The quantitative estimate of drug-likeness (QED) is 0.487. The molecule has 0 saturated carbocycles. The van der Waals surface area contributed by atoms with E-state index in [2.05, 4.69) is 54.8 Å². The molecular formula is C25H25N7O2. The van der Waals surface area contributed by atoms with E-state index in [0.29, 0.717) is 29.4 Å². The van der Waals surface area contributed by atoms with E-state index in [0.717, 1.165) is 19.4 Å². The molecule has 0 aliphatic carbocycles. The molecule has 0 spiro atoms. The number of hydrogen-bond acceptors (Lipinski definition) is 8. The van der Waals surface area contributed by atoms with Crippen molar-refractivity contribution in [1.29, 1.82) is 5.26 Å². The average molecular weight is 456 g/mol. The summed E-state index contributed by atoms with van der Waals surface area (Å²) in [5.41, 5.74) is 2.22. The summed E-state index contributed by atoms with van der Waals surface area (Å²) in [5.74, 6) is -0.145. The predicted molar refractivity (Wildman–Crippen MR) is 127 cm³/mol. The van der Waals surface area contributed by atoms with Crippen LogP contribution in [0.4, 0.5) is 17.3 Å². The van der Waals surface area contributed by atoms with Gasteiger partial charge in [0.25, 0.3) is 0 Å². The maximum atomic E-state index is 11.8. The van der Waals surface area contributed by atoms with Gasteiger partial charge in [-0.05, 0) is 31.2 Å². The zero-order valence-electron chi connectivity index (χ0n) is 18.6. The summed E-state index contributed by atoms with van der Waals surface area (Å²) in [6, 6.07) is 15.3. The van der Waals surface area contributed by atoms with Gasteiger partial charge in [0.2, 0.25) is 0 Å². The number of aromatic nitrogens is 3. The van der Waals surface area contributed by atoms with Crippen LogP contribution in [0.3, 0.4) is 0 Å². The first-order valence-electron chi connectivity index (χ1n) is 11.4. The van der Waals surface area contributed by atoms with Gasteiger partial charge in [-0.15, -0.1) is 0 Å². The molecule has 3 N–H and O–H groups in total. The SMILES string of the molecule is N#Cc1cnc(Nc2cc(NC3CC4CCC(C3)N4Cc3ccccc3)c(C(=O)O)cn2)cn1. The van der Waals surface area contributed by atoms with Crippen molar-refractivity contribution in [3.05, 3.63) is 71.8 Å². The lowest BCUT2D eigenvalue weighted by atomic mass is 9.96. The Hall–Kier alpha value is -4.03. The van der Waals surface area contributed by atoms with Crippen molar-refractivity contribution in [1.82, 2.24) is 19.9 Å². The second-order valence-corrected chi connectivity index (χ2v) is 8.80. The second-order valence-electron chi connectivity index (χ2n) is 8.80. The van der Waals surface area contributed by atoms with Gasteiger partial charge in [0, 0.05) is 36.9 Å². The van der Waals surface area contributed by atoms with Crippen LogP contribution in [0.1, 0.15) is 47.3 Å². The third-order valence-corrected chi connectivity index (χ3v) is 6.61. The number of nitriles is 1. The third-order valence-electron chi connectivity index (χ3n) is 6.61. The summed E-state index contributed by atoms with van der Waals surface area (Å²) in [6.07, 6.45) is 8.43. The van der Waals surface area contributed by atoms with Gasteiger partial charge in [-0.25, -0.2) is 19.7 Å². The zero-order valence-corrected chi connectivity index (χ0v) is 18.6. The molecule has 3 aromatic rings. The fraction of sp³-hybridized carbons (Fsp3) is 0.320. The van der Waals surface area contributed by atoms with E-state index < -0.39 is 5.97 Å². The summed E-state index contributed by atoms with van der Waals surface area (Å²) in [6.45, 7) is 0.957. The largest absolute Gasteiger partial charge is 0.478 e. The molecule has 0 radical (unpaired) electrons. The molecule has 2 atom stereocenters. The number of aromatic carboxylic acids is 1. The highest BCUT2D eigenvalue weighted by Crippen LogP contribution is 2.38. The first-order chi connectivity index (χ1) is 16.6. The number of hydrogen-bond donors (Lipinski definition) is 3. The summed E-state index contributed by atoms with van der Waals surface area (Å²) in [4.78, 5) is 26.8. The number of nitrogens with zero attached hydrogens (tertiary/aromatic N) is 5. The van der Waals surface area contributed by atoms with E-state index in [1.807, 2.05) is 12.1 Å². The number of benzene rings is 1. The maximum Gasteiger partial charge on any atom is 0.339 e. The fourth-order valence-corrected chi connectivity index (χ4v) is 5.06. The van der Waals surface area contributed by atoms with Crippen molar-refractivity contribution >= 4 is 23.3 Å². The maximum absolute atomic E-state index is 11.8. The molecule has 1 aromatic carbocycles. The van der Waals surface area contributed by atoms with E-state index in [1.165, 1.54) is 37.0 Å². The number of nitrogens with one attached hydrogen (secondary N) is 2. The Morgan fingerprint density at radius 2 is 1.79 bits per heavy atom. The van der Waals surface area contributed by atoms with Crippen LogP contribution in [-0.4, -0.2) is 49.1 Å². The topological polar surface area (TPSA) is 127 Å². The molecule has 34 heavy (non-hydrogen) atoms. The molecule has 2 bridgehead atoms. The van der Waals surface area contributed by atoms with Crippen molar-refractivity contribution in [3.8, 4) is 6.07 Å². The van der Waals surface area contributed by atoms with E-state index in [-0.39, 0.29) is 17.3 Å². The van der Waals surface area contributed by atoms with Gasteiger partial charge in [-0.1, -0.05) is 30.3 Å². The summed E-state index contributed by atoms with van der Waals surface area (Å²) in [5, 5.41) is 25.1. The van der Waals surface area contributed by atoms with E-state index >= 15 is 0 Å². The third kappa shape index (κ3) is 4.67. The Kier molecular flexibility index (Phi) is 6.06. The molecule has 5 rings (SSSR count). The van der Waals surface area contributed by atoms with Crippen LogP contribution in [0.5, 0.6) is 0 Å². The highest BCUT2D eigenvalue weighted by Gasteiger charge is 2.40. The van der Waals surface area contributed by atoms with Gasteiger partial charge < -0.3 is 15.7 Å². The van der Waals surface area contributed by atoms with Crippen molar-refractivity contribution < 1.29 is 9.90 Å². The van der Waals surface area contributed by atoms with Crippen LogP contribution in [0.25, 0.3) is 0 Å². The number of anilines is 3. The normalized spacial score (nSPS) is 21.6. The molecule has 9 nitrogen and oxygen atoms in total. The molecule has 172 valence electrons. The van der Waals surface area contributed by atoms with E-state index in [4.69, 9.17) is 5.26 Å². The molecule has 2 aliphatic heterocycles. The smallest absolute Gasteiger partial charge is 0.339 e. The Bertz CT molecular complexity index is 1200. The van der Waals surface area contributed by atoms with Gasteiger partial charge >= 0.3 is 5.97 Å². The first-order valence-corrected chi connectivity index (χ1v) is 11.4. The number of piperidine rings is 1. The second kappa shape index (κ2) is 9.45. The van der Waals surface area contributed by atoms with Crippen LogP contribution in [-0.2, 0) is 6.54 Å². The number of carboxylic acids is 1. The van der Waals surface area contributed by atoms with Gasteiger partial charge in [-0.2, -0.15) is 5.26 Å². The van der Waals surface area contributed by atoms with Gasteiger partial charge in [0.1, 0.15) is 23.3 Å². The van der Waals surface area contributed by atoms with Crippen LogP contribution >= 0.6 is 0 Å². The van der Waals surface area contributed by atoms with Gasteiger partial charge in [0.05, 0.1) is 18.1 Å². The molecule has 0 amide bonds. The standard InChI is InChI=1S/C25H25N7O2/c26-11-18-12-28-24(14-27-18)31-23-10-22(21(13-29-23)25(33)34)30-17-8-19-6-7-20(9-17)32(19)15-16-4-2-1-3-5-16/h1-5,10,12-14,17,19-20H,6-9,15H2,(H,33,34)(H2,28,29,30,31). The van der Waals surface area contributed by atoms with Gasteiger partial charge in [0.15, 0.2) is 5.69 Å². The van der Waals surface area contributed by atoms with Crippen molar-refractivity contribution in [2.24, 2.45) is 0 Å². The van der Waals surface area contributed by atoms with Crippen molar-refractivity contribution in [2.75, 3.05) is 10.6 Å². The molecular weight excluding hydrogens is 430 g/mol. The number of pyridine rings is 1. The highest BCUT2D eigenvalue weighted by atomic mass is 16.4. The molecule has 4 heterocycles. The summed E-state index contributed by atoms with van der Waals surface area (Å²) < 4.78 is 0. The van der Waals surface area contributed by atoms with Crippen LogP contribution in [0, 0.1) is 11.3 Å². The molecule has 2 unspecified atom stereocenters. The van der Waals surface area contributed by atoms with Crippen LogP contribution in [0.15, 0.2) is 55.0 Å². The Morgan fingerprint density at radius 1 is 1.06 bits per heavy atom. The average Bonchev–Trinajstić information content (AvgIpc) is 3.07. The van der Waals surface area contributed by atoms with E-state index in [1.54, 1.807) is 6.07 Å². The minimum atomic E-state index is -1.02. The minimum absolute atomic E-state index is 0.135. The van der Waals surface area contributed by atoms with E-state index in [9.17, 15) is 9.90 Å². The van der Waals surface area contributed by atoms with Crippen molar-refractivity contribution in [3.63, 3.8) is 0 Å². The predicted octanol–water partition coefficient (Wildman–Crippen LogP) is 3.79. The number of carbonyl (C=O) groups is 1. The number of rotatable bonds is 7. The lowest BCUT2D eigenvalue weighted by Crippen LogP contribution is -2.46. The molecule has 2 saturated heterocycles. The molecule has 2 aliphatic rings. The fourth-order valence-electron chi connectivity index (χ4n) is 5.06. The molecule has 2 aromatic heterocycles. The molecule has 2 fully saturated rings. The Labute approximate surface area is 197 Å². The highest BCUT2D eigenvalue weighted by molar-refractivity contribution is 5.94. The summed E-state index contributed by atoms with van der Waals surface area (Å²) in [7, 11) is 0.